The number of guanidine groups is 1. The van der Waals surface area contributed by atoms with Crippen LogP contribution in [-0.4, -0.2) is 41.9 Å². The predicted octanol–water partition coefficient (Wildman–Crippen LogP) is 3.35. The Labute approximate surface area is 187 Å². The van der Waals surface area contributed by atoms with Gasteiger partial charge in [0, 0.05) is 44.5 Å². The Bertz CT molecular complexity index is 1060. The van der Waals surface area contributed by atoms with Crippen LogP contribution in [0.25, 0.3) is 5.69 Å². The summed E-state index contributed by atoms with van der Waals surface area (Å²) in [5, 5.41) is 6.54. The third-order valence-electron chi connectivity index (χ3n) is 5.33. The Morgan fingerprint density at radius 2 is 2.12 bits per heavy atom. The molecule has 1 fully saturated rings. The Balaban J connectivity index is 1.35. The second-order valence-corrected chi connectivity index (χ2v) is 7.75. The molecule has 1 aliphatic rings. The lowest BCUT2D eigenvalue weighted by Gasteiger charge is -2.18. The van der Waals surface area contributed by atoms with Gasteiger partial charge in [0.2, 0.25) is 0 Å². The van der Waals surface area contributed by atoms with E-state index in [1.165, 1.54) is 6.07 Å². The summed E-state index contributed by atoms with van der Waals surface area (Å²) in [4.78, 5) is 8.24. The lowest BCUT2D eigenvalue weighted by molar-refractivity contribution is 0.140. The fourth-order valence-corrected chi connectivity index (χ4v) is 3.56. The zero-order valence-electron chi connectivity index (χ0n) is 18.3. The van der Waals surface area contributed by atoms with Crippen LogP contribution in [-0.2, 0) is 17.8 Å². The highest BCUT2D eigenvalue weighted by molar-refractivity contribution is 5.79. The quantitative estimate of drug-likeness (QED) is 0.438. The van der Waals surface area contributed by atoms with Crippen LogP contribution in [0.5, 0.6) is 5.75 Å². The van der Waals surface area contributed by atoms with E-state index in [2.05, 4.69) is 38.8 Å². The second kappa shape index (κ2) is 10.3. The highest BCUT2D eigenvalue weighted by Crippen LogP contribution is 2.24. The molecule has 0 radical (unpaired) electrons. The summed E-state index contributed by atoms with van der Waals surface area (Å²) in [5.41, 5.74) is 3.47. The molecule has 1 saturated heterocycles. The molecule has 2 N–H and O–H groups in total. The first-order chi connectivity index (χ1) is 15.6. The first-order valence-corrected chi connectivity index (χ1v) is 10.7. The van der Waals surface area contributed by atoms with Gasteiger partial charge >= 0.3 is 0 Å². The molecule has 32 heavy (non-hydrogen) atoms. The van der Waals surface area contributed by atoms with Crippen LogP contribution < -0.4 is 15.4 Å². The van der Waals surface area contributed by atoms with Gasteiger partial charge in [-0.1, -0.05) is 18.2 Å². The first-order valence-electron chi connectivity index (χ1n) is 10.7. The number of aryl methyl sites for hydroxylation is 1. The maximum Gasteiger partial charge on any atom is 0.191 e. The van der Waals surface area contributed by atoms with E-state index in [4.69, 9.17) is 9.47 Å². The summed E-state index contributed by atoms with van der Waals surface area (Å²) in [6, 6.07) is 11.3. The molecular formula is C24H28FN5O2. The molecule has 0 bridgehead atoms. The number of ether oxygens (including phenoxy) is 2. The largest absolute Gasteiger partial charge is 0.488 e. The van der Waals surface area contributed by atoms with E-state index in [9.17, 15) is 4.39 Å². The summed E-state index contributed by atoms with van der Waals surface area (Å²) < 4.78 is 27.7. The fourth-order valence-electron chi connectivity index (χ4n) is 3.56. The van der Waals surface area contributed by atoms with Crippen molar-refractivity contribution in [3.05, 3.63) is 77.6 Å². The van der Waals surface area contributed by atoms with Gasteiger partial charge < -0.3 is 24.7 Å². The van der Waals surface area contributed by atoms with Gasteiger partial charge in [-0.2, -0.15) is 0 Å². The zero-order valence-corrected chi connectivity index (χ0v) is 18.3. The van der Waals surface area contributed by atoms with Crippen molar-refractivity contribution >= 4 is 5.96 Å². The molecule has 0 aliphatic carbocycles. The van der Waals surface area contributed by atoms with Crippen LogP contribution in [0.2, 0.25) is 0 Å². The molecular weight excluding hydrogens is 409 g/mol. The molecule has 8 heteroatoms. The minimum Gasteiger partial charge on any atom is -0.488 e. The van der Waals surface area contributed by atoms with E-state index in [0.29, 0.717) is 31.3 Å². The summed E-state index contributed by atoms with van der Waals surface area (Å²) in [7, 11) is 1.71. The van der Waals surface area contributed by atoms with Gasteiger partial charge in [0.25, 0.3) is 0 Å². The average Bonchev–Trinajstić information content (AvgIpc) is 3.50. The van der Waals surface area contributed by atoms with E-state index in [1.54, 1.807) is 36.4 Å². The Morgan fingerprint density at radius 1 is 1.25 bits per heavy atom. The van der Waals surface area contributed by atoms with Crippen molar-refractivity contribution in [2.45, 2.75) is 32.5 Å². The molecule has 0 saturated carbocycles. The molecule has 4 rings (SSSR count). The number of halogens is 1. The Kier molecular flexibility index (Phi) is 7.01. The van der Waals surface area contributed by atoms with Gasteiger partial charge in [0.05, 0.1) is 25.2 Å². The molecule has 2 heterocycles. The van der Waals surface area contributed by atoms with E-state index >= 15 is 0 Å². The molecule has 7 nitrogen and oxygen atoms in total. The van der Waals surface area contributed by atoms with Crippen LogP contribution in [0.15, 0.2) is 60.1 Å². The zero-order chi connectivity index (χ0) is 22.3. The van der Waals surface area contributed by atoms with E-state index in [-0.39, 0.29) is 11.9 Å². The summed E-state index contributed by atoms with van der Waals surface area (Å²) in [6.45, 7) is 4.41. The van der Waals surface area contributed by atoms with E-state index < -0.39 is 0 Å². The molecule has 1 unspecified atom stereocenters. The lowest BCUT2D eigenvalue weighted by Crippen LogP contribution is -2.36. The molecule has 168 valence electrons. The van der Waals surface area contributed by atoms with Gasteiger partial charge in [-0.25, -0.2) is 9.37 Å². The number of aliphatic imine (C=N–C) groups is 1. The van der Waals surface area contributed by atoms with Crippen molar-refractivity contribution < 1.29 is 13.9 Å². The van der Waals surface area contributed by atoms with Crippen molar-refractivity contribution in [3.8, 4) is 11.4 Å². The molecule has 1 aromatic heterocycles. The number of hydrogen-bond donors (Lipinski definition) is 2. The van der Waals surface area contributed by atoms with Crippen molar-refractivity contribution in [2.75, 3.05) is 20.3 Å². The van der Waals surface area contributed by atoms with Crippen LogP contribution in [0, 0.1) is 12.7 Å². The maximum atomic E-state index is 14.5. The first kappa shape index (κ1) is 21.8. The molecule has 3 aromatic rings. The van der Waals surface area contributed by atoms with Crippen LogP contribution >= 0.6 is 0 Å². The smallest absolute Gasteiger partial charge is 0.191 e. The highest BCUT2D eigenvalue weighted by atomic mass is 19.1. The van der Waals surface area contributed by atoms with E-state index in [0.717, 1.165) is 35.5 Å². The third-order valence-corrected chi connectivity index (χ3v) is 5.33. The summed E-state index contributed by atoms with van der Waals surface area (Å²) in [5.74, 6) is 1.18. The topological polar surface area (TPSA) is 72.7 Å². The summed E-state index contributed by atoms with van der Waals surface area (Å²) >= 11 is 0. The lowest BCUT2D eigenvalue weighted by atomic mass is 10.1. The molecule has 1 atom stereocenters. The number of benzene rings is 2. The number of nitrogens with zero attached hydrogens (tertiary/aromatic N) is 3. The SMILES string of the molecule is CN=C(NCc1ccc(-n2ccnc2)c(F)c1)NCc1ccc(C)cc1OC1CCOC1. The number of rotatable bonds is 7. The van der Waals surface area contributed by atoms with Crippen molar-refractivity contribution in [3.63, 3.8) is 0 Å². The molecule has 2 aromatic carbocycles. The van der Waals surface area contributed by atoms with Crippen molar-refractivity contribution in [2.24, 2.45) is 4.99 Å². The van der Waals surface area contributed by atoms with Gasteiger partial charge in [0.15, 0.2) is 5.96 Å². The highest BCUT2D eigenvalue weighted by Gasteiger charge is 2.19. The second-order valence-electron chi connectivity index (χ2n) is 7.75. The monoisotopic (exact) mass is 437 g/mol. The van der Waals surface area contributed by atoms with Crippen LogP contribution in [0.4, 0.5) is 4.39 Å². The van der Waals surface area contributed by atoms with Crippen LogP contribution in [0.3, 0.4) is 0 Å². The molecule has 0 amide bonds. The average molecular weight is 438 g/mol. The standard InChI is InChI=1S/C24H28FN5O2/c1-17-3-5-19(23(11-17)32-20-7-10-31-15-20)14-29-24(26-2)28-13-18-4-6-22(21(25)12-18)30-9-8-27-16-30/h3-6,8-9,11-12,16,20H,7,10,13-15H2,1-2H3,(H2,26,28,29). The van der Waals surface area contributed by atoms with Gasteiger partial charge in [0.1, 0.15) is 17.7 Å². The number of hydrogen-bond acceptors (Lipinski definition) is 4. The minimum absolute atomic E-state index is 0.0909. The maximum absolute atomic E-state index is 14.5. The van der Waals surface area contributed by atoms with Crippen LogP contribution in [0.1, 0.15) is 23.1 Å². The molecule has 0 spiro atoms. The van der Waals surface area contributed by atoms with Crippen molar-refractivity contribution in [1.82, 2.24) is 20.2 Å². The normalized spacial score (nSPS) is 16.2. The van der Waals surface area contributed by atoms with Crippen molar-refractivity contribution in [1.29, 1.82) is 0 Å². The fraction of sp³-hybridized carbons (Fsp3) is 0.333. The number of aromatic nitrogens is 2. The predicted molar refractivity (Wildman–Crippen MR) is 122 cm³/mol. The Morgan fingerprint density at radius 3 is 2.84 bits per heavy atom. The minimum atomic E-state index is -0.303. The molecule has 1 aliphatic heterocycles. The Hall–Kier alpha value is -3.39. The van der Waals surface area contributed by atoms with E-state index in [1.807, 2.05) is 13.0 Å². The van der Waals surface area contributed by atoms with Gasteiger partial charge in [-0.3, -0.25) is 4.99 Å². The number of imidazole rings is 1. The number of nitrogens with one attached hydrogen (secondary N) is 2. The third kappa shape index (κ3) is 5.45. The van der Waals surface area contributed by atoms with Gasteiger partial charge in [-0.05, 0) is 36.2 Å². The van der Waals surface area contributed by atoms with Gasteiger partial charge in [-0.15, -0.1) is 0 Å². The summed E-state index contributed by atoms with van der Waals surface area (Å²) in [6.07, 6.45) is 5.90.